The summed E-state index contributed by atoms with van der Waals surface area (Å²) in [5, 5.41) is 0. The summed E-state index contributed by atoms with van der Waals surface area (Å²) < 4.78 is 0. The molecule has 3 heteroatoms. The van der Waals surface area contributed by atoms with E-state index in [9.17, 15) is 9.59 Å². The molecule has 78 valence electrons. The third kappa shape index (κ3) is 1.35. The zero-order valence-electron chi connectivity index (χ0n) is 8.82. The Bertz CT molecular complexity index is 274. The fourth-order valence-electron chi connectivity index (χ4n) is 3.15. The second-order valence-corrected chi connectivity index (χ2v) is 4.58. The van der Waals surface area contributed by atoms with Gasteiger partial charge in [-0.1, -0.05) is 6.42 Å². The van der Waals surface area contributed by atoms with Crippen molar-refractivity contribution in [3.8, 4) is 0 Å². The lowest BCUT2D eigenvalue weighted by Gasteiger charge is -2.24. The number of likely N-dealkylation sites (tertiary alicyclic amines) is 1. The number of carbonyl (C=O) groups is 2. The minimum Gasteiger partial charge on any atom is -0.332 e. The number of carbonyl (C=O) groups excluding carboxylic acids is 2. The molecule has 2 rings (SSSR count). The van der Waals surface area contributed by atoms with Gasteiger partial charge in [0, 0.05) is 13.5 Å². The first-order valence-electron chi connectivity index (χ1n) is 5.39. The minimum atomic E-state index is -0.111. The van der Waals surface area contributed by atoms with E-state index in [4.69, 9.17) is 0 Å². The van der Waals surface area contributed by atoms with Crippen LogP contribution in [0.25, 0.3) is 0 Å². The van der Waals surface area contributed by atoms with Crippen LogP contribution in [0.15, 0.2) is 0 Å². The van der Waals surface area contributed by atoms with Crippen molar-refractivity contribution < 1.29 is 9.59 Å². The molecule has 1 heterocycles. The van der Waals surface area contributed by atoms with Crippen LogP contribution in [0.5, 0.6) is 0 Å². The van der Waals surface area contributed by atoms with Gasteiger partial charge in [-0.15, -0.1) is 0 Å². The van der Waals surface area contributed by atoms with E-state index in [-0.39, 0.29) is 17.7 Å². The summed E-state index contributed by atoms with van der Waals surface area (Å²) in [4.78, 5) is 24.6. The third-order valence-electron chi connectivity index (χ3n) is 3.71. The molecule has 1 aliphatic carbocycles. The molecule has 3 atom stereocenters. The van der Waals surface area contributed by atoms with Gasteiger partial charge in [-0.05, 0) is 31.6 Å². The molecular weight excluding hydrogens is 178 g/mol. The quantitative estimate of drug-likeness (QED) is 0.631. The summed E-state index contributed by atoms with van der Waals surface area (Å²) in [6, 6.07) is -0.111. The number of fused-ring (bicyclic) bond motifs is 1. The molecule has 1 amide bonds. The van der Waals surface area contributed by atoms with Gasteiger partial charge in [0.2, 0.25) is 5.91 Å². The summed E-state index contributed by atoms with van der Waals surface area (Å²) in [5.41, 5.74) is 0. The van der Waals surface area contributed by atoms with Gasteiger partial charge < -0.3 is 4.90 Å². The van der Waals surface area contributed by atoms with Crippen molar-refractivity contribution in [1.29, 1.82) is 0 Å². The Morgan fingerprint density at radius 3 is 2.50 bits per heavy atom. The third-order valence-corrected chi connectivity index (χ3v) is 3.71. The van der Waals surface area contributed by atoms with Crippen LogP contribution in [-0.2, 0) is 9.59 Å². The maximum atomic E-state index is 11.5. The molecule has 0 radical (unpaired) electrons. The van der Waals surface area contributed by atoms with Gasteiger partial charge in [-0.3, -0.25) is 9.59 Å². The number of nitrogens with zero attached hydrogens (tertiary/aromatic N) is 1. The molecule has 2 fully saturated rings. The molecule has 14 heavy (non-hydrogen) atoms. The van der Waals surface area contributed by atoms with Gasteiger partial charge in [0.1, 0.15) is 0 Å². The topological polar surface area (TPSA) is 37.4 Å². The van der Waals surface area contributed by atoms with Crippen molar-refractivity contribution in [2.75, 3.05) is 6.54 Å². The Kier molecular flexibility index (Phi) is 2.33. The van der Waals surface area contributed by atoms with E-state index in [1.807, 2.05) is 0 Å². The summed E-state index contributed by atoms with van der Waals surface area (Å²) in [6.45, 7) is 3.99. The highest BCUT2D eigenvalue weighted by Gasteiger charge is 2.46. The van der Waals surface area contributed by atoms with E-state index in [1.54, 1.807) is 18.7 Å². The molecule has 0 aromatic carbocycles. The van der Waals surface area contributed by atoms with E-state index >= 15 is 0 Å². The maximum Gasteiger partial charge on any atom is 0.220 e. The average molecular weight is 195 g/mol. The van der Waals surface area contributed by atoms with E-state index in [1.165, 1.54) is 12.8 Å². The molecule has 3 nitrogen and oxygen atoms in total. The molecule has 0 aromatic heterocycles. The van der Waals surface area contributed by atoms with Crippen LogP contribution in [0.4, 0.5) is 0 Å². The Labute approximate surface area is 84.5 Å². The largest absolute Gasteiger partial charge is 0.332 e. The van der Waals surface area contributed by atoms with Gasteiger partial charge in [0.25, 0.3) is 0 Å². The zero-order chi connectivity index (χ0) is 10.3. The Morgan fingerprint density at radius 2 is 1.93 bits per heavy atom. The van der Waals surface area contributed by atoms with Crippen LogP contribution in [0.2, 0.25) is 0 Å². The molecule has 1 saturated heterocycles. The van der Waals surface area contributed by atoms with Gasteiger partial charge >= 0.3 is 0 Å². The number of amides is 1. The summed E-state index contributed by atoms with van der Waals surface area (Å²) in [7, 11) is 0. The number of rotatable bonds is 1. The smallest absolute Gasteiger partial charge is 0.220 e. The molecule has 1 unspecified atom stereocenters. The predicted molar refractivity (Wildman–Crippen MR) is 52.7 cm³/mol. The van der Waals surface area contributed by atoms with Crippen molar-refractivity contribution in [3.63, 3.8) is 0 Å². The number of ketones is 1. The SMILES string of the molecule is CC(=O)[C@@H]1C2CCC[C@H]2CN1C(C)=O. The predicted octanol–water partition coefficient (Wildman–Crippen LogP) is 1.22. The molecule has 0 spiro atoms. The monoisotopic (exact) mass is 195 g/mol. The summed E-state index contributed by atoms with van der Waals surface area (Å²) in [5.74, 6) is 1.26. The Balaban J connectivity index is 2.21. The van der Waals surface area contributed by atoms with E-state index in [0.29, 0.717) is 11.8 Å². The van der Waals surface area contributed by atoms with Crippen molar-refractivity contribution in [3.05, 3.63) is 0 Å². The first-order chi connectivity index (χ1) is 6.61. The van der Waals surface area contributed by atoms with Crippen LogP contribution in [-0.4, -0.2) is 29.2 Å². The van der Waals surface area contributed by atoms with Crippen molar-refractivity contribution in [2.45, 2.75) is 39.2 Å². The molecule has 1 aliphatic heterocycles. The minimum absolute atomic E-state index is 0.0552. The highest BCUT2D eigenvalue weighted by atomic mass is 16.2. The maximum absolute atomic E-state index is 11.5. The lowest BCUT2D eigenvalue weighted by Crippen LogP contribution is -2.41. The van der Waals surface area contributed by atoms with Crippen molar-refractivity contribution in [1.82, 2.24) is 4.90 Å². The summed E-state index contributed by atoms with van der Waals surface area (Å²) >= 11 is 0. The van der Waals surface area contributed by atoms with Crippen LogP contribution in [0, 0.1) is 11.8 Å². The average Bonchev–Trinajstić information content (AvgIpc) is 2.58. The van der Waals surface area contributed by atoms with Gasteiger partial charge in [-0.2, -0.15) is 0 Å². The highest BCUT2D eigenvalue weighted by molar-refractivity contribution is 5.87. The number of Topliss-reactive ketones (excluding diaryl/α,β-unsaturated/α-hetero) is 1. The zero-order valence-corrected chi connectivity index (χ0v) is 8.82. The molecule has 0 N–H and O–H groups in total. The fraction of sp³-hybridized carbons (Fsp3) is 0.818. The highest BCUT2D eigenvalue weighted by Crippen LogP contribution is 2.42. The number of hydrogen-bond acceptors (Lipinski definition) is 2. The second kappa shape index (κ2) is 3.37. The second-order valence-electron chi connectivity index (χ2n) is 4.58. The summed E-state index contributed by atoms with van der Waals surface area (Å²) in [6.07, 6.45) is 3.54. The van der Waals surface area contributed by atoms with E-state index < -0.39 is 0 Å². The molecule has 0 aromatic rings. The van der Waals surface area contributed by atoms with Crippen LogP contribution >= 0.6 is 0 Å². The van der Waals surface area contributed by atoms with Crippen LogP contribution in [0.1, 0.15) is 33.1 Å². The Hall–Kier alpha value is -0.860. The van der Waals surface area contributed by atoms with Gasteiger partial charge in [-0.25, -0.2) is 0 Å². The van der Waals surface area contributed by atoms with Crippen LogP contribution in [0.3, 0.4) is 0 Å². The normalized spacial score (nSPS) is 35.9. The molecule has 1 saturated carbocycles. The lowest BCUT2D eigenvalue weighted by molar-refractivity contribution is -0.136. The first-order valence-corrected chi connectivity index (χ1v) is 5.39. The van der Waals surface area contributed by atoms with E-state index in [2.05, 4.69) is 0 Å². The number of hydrogen-bond donors (Lipinski definition) is 0. The Morgan fingerprint density at radius 1 is 1.21 bits per heavy atom. The standard InChI is InChI=1S/C11H17NO2/c1-7(13)11-10-5-3-4-9(10)6-12(11)8(2)14/h9-11H,3-6H2,1-2H3/t9-,10?,11+/m0/s1. The van der Waals surface area contributed by atoms with Crippen molar-refractivity contribution >= 4 is 11.7 Å². The first kappa shape index (κ1) is 9.69. The van der Waals surface area contributed by atoms with Gasteiger partial charge in [0.05, 0.1) is 6.04 Å². The van der Waals surface area contributed by atoms with Crippen molar-refractivity contribution in [2.24, 2.45) is 11.8 Å². The molecule has 0 bridgehead atoms. The fourth-order valence-corrected chi connectivity index (χ4v) is 3.15. The molecule has 2 aliphatic rings. The van der Waals surface area contributed by atoms with Crippen LogP contribution < -0.4 is 0 Å². The molecular formula is C11H17NO2. The lowest BCUT2D eigenvalue weighted by atomic mass is 9.92. The van der Waals surface area contributed by atoms with Gasteiger partial charge in [0.15, 0.2) is 5.78 Å². The van der Waals surface area contributed by atoms with E-state index in [0.717, 1.165) is 13.0 Å².